The van der Waals surface area contributed by atoms with Gasteiger partial charge >= 0.3 is 0 Å². The molecule has 0 saturated carbocycles. The first-order valence-corrected chi connectivity index (χ1v) is 10.4. The number of hydrogen-bond donors (Lipinski definition) is 2. The topological polar surface area (TPSA) is 105 Å². The van der Waals surface area contributed by atoms with E-state index in [1.54, 1.807) is 25.1 Å². The van der Waals surface area contributed by atoms with Crippen LogP contribution >= 0.6 is 11.6 Å². The van der Waals surface area contributed by atoms with Crippen molar-refractivity contribution in [3.63, 3.8) is 0 Å². The van der Waals surface area contributed by atoms with Crippen LogP contribution in [0.5, 0.6) is 0 Å². The van der Waals surface area contributed by atoms with Crippen LogP contribution in [0.15, 0.2) is 41.4 Å². The fraction of sp³-hybridized carbons (Fsp3) is 0.333. The quantitative estimate of drug-likeness (QED) is 0.790. The van der Waals surface area contributed by atoms with Crippen molar-refractivity contribution in [1.82, 2.24) is 4.98 Å². The van der Waals surface area contributed by atoms with Crippen LogP contribution in [-0.2, 0) is 14.8 Å². The molecule has 0 bridgehead atoms. The molecule has 2 aromatic rings. The minimum atomic E-state index is -3.74. The van der Waals surface area contributed by atoms with Crippen LogP contribution in [0.4, 0.5) is 11.5 Å². The second kappa shape index (κ2) is 7.74. The third-order valence-corrected chi connectivity index (χ3v) is 6.35. The molecular weight excluding hydrogens is 388 g/mol. The van der Waals surface area contributed by atoms with E-state index in [9.17, 15) is 13.2 Å². The number of aryl methyl sites for hydroxylation is 1. The average Bonchev–Trinajstić information content (AvgIpc) is 2.61. The number of carbonyl (C=O) groups excluding carboxylic acids is 1. The number of primary amides is 1. The fourth-order valence-electron chi connectivity index (χ4n) is 3.18. The molecule has 144 valence electrons. The SMILES string of the molecule is Cc1cc(Cl)ccc1S(=O)(=O)Nc1ccc(N2CCCC(C(N)=O)C2)nc1. The lowest BCUT2D eigenvalue weighted by Crippen LogP contribution is -2.41. The van der Waals surface area contributed by atoms with Crippen LogP contribution in [0, 0.1) is 12.8 Å². The van der Waals surface area contributed by atoms with Crippen molar-refractivity contribution in [3.05, 3.63) is 47.1 Å². The second-order valence-corrected chi connectivity index (χ2v) is 8.70. The van der Waals surface area contributed by atoms with Gasteiger partial charge in [0.25, 0.3) is 10.0 Å². The predicted octanol–water partition coefficient (Wildman–Crippen LogP) is 2.55. The van der Waals surface area contributed by atoms with E-state index in [1.807, 2.05) is 4.90 Å². The Bertz CT molecular complexity index is 948. The molecule has 3 rings (SSSR count). The number of piperidine rings is 1. The van der Waals surface area contributed by atoms with E-state index in [1.165, 1.54) is 18.3 Å². The normalized spacial score (nSPS) is 17.6. The summed E-state index contributed by atoms with van der Waals surface area (Å²) < 4.78 is 27.7. The van der Waals surface area contributed by atoms with Gasteiger partial charge < -0.3 is 10.6 Å². The predicted molar refractivity (Wildman–Crippen MR) is 105 cm³/mol. The van der Waals surface area contributed by atoms with Gasteiger partial charge in [0.15, 0.2) is 0 Å². The number of benzene rings is 1. The molecule has 0 aliphatic carbocycles. The Morgan fingerprint density at radius 3 is 2.74 bits per heavy atom. The number of anilines is 2. The third kappa shape index (κ3) is 4.51. The standard InChI is InChI=1S/C18H21ClN4O3S/c1-12-9-14(19)4-6-16(12)27(25,26)22-15-5-7-17(21-10-15)23-8-2-3-13(11-23)18(20)24/h4-7,9-10,13,22H,2-3,8,11H2,1H3,(H2,20,24). The van der Waals surface area contributed by atoms with E-state index in [4.69, 9.17) is 17.3 Å². The first kappa shape index (κ1) is 19.4. The van der Waals surface area contributed by atoms with Crippen molar-refractivity contribution >= 4 is 39.0 Å². The number of pyridine rings is 1. The number of carbonyl (C=O) groups is 1. The van der Waals surface area contributed by atoms with Crippen molar-refractivity contribution in [2.24, 2.45) is 11.7 Å². The lowest BCUT2D eigenvalue weighted by Gasteiger charge is -2.32. The first-order valence-electron chi connectivity index (χ1n) is 8.55. The molecular formula is C18H21ClN4O3S. The number of rotatable bonds is 5. The maximum Gasteiger partial charge on any atom is 0.262 e. The number of halogens is 1. The number of nitrogens with zero attached hydrogens (tertiary/aromatic N) is 2. The van der Waals surface area contributed by atoms with Gasteiger partial charge in [0.2, 0.25) is 5.91 Å². The van der Waals surface area contributed by atoms with E-state index in [0.717, 1.165) is 19.4 Å². The summed E-state index contributed by atoms with van der Waals surface area (Å²) in [5.74, 6) is 0.195. The Morgan fingerprint density at radius 2 is 2.11 bits per heavy atom. The average molecular weight is 409 g/mol. The number of nitrogens with one attached hydrogen (secondary N) is 1. The monoisotopic (exact) mass is 408 g/mol. The summed E-state index contributed by atoms with van der Waals surface area (Å²) in [4.78, 5) is 17.9. The molecule has 1 fully saturated rings. The zero-order chi connectivity index (χ0) is 19.6. The van der Waals surface area contributed by atoms with Crippen LogP contribution in [0.2, 0.25) is 5.02 Å². The maximum absolute atomic E-state index is 12.6. The van der Waals surface area contributed by atoms with Crippen LogP contribution in [-0.4, -0.2) is 32.4 Å². The fourth-order valence-corrected chi connectivity index (χ4v) is 4.67. The molecule has 1 aliphatic heterocycles. The first-order chi connectivity index (χ1) is 12.8. The second-order valence-electron chi connectivity index (χ2n) is 6.61. The highest BCUT2D eigenvalue weighted by molar-refractivity contribution is 7.92. The zero-order valence-electron chi connectivity index (χ0n) is 14.9. The van der Waals surface area contributed by atoms with E-state index in [2.05, 4.69) is 9.71 Å². The van der Waals surface area contributed by atoms with Crippen molar-refractivity contribution in [1.29, 1.82) is 0 Å². The Balaban J connectivity index is 1.74. The summed E-state index contributed by atoms with van der Waals surface area (Å²) in [7, 11) is -3.74. The maximum atomic E-state index is 12.6. The molecule has 1 saturated heterocycles. The van der Waals surface area contributed by atoms with Gasteiger partial charge in [-0.1, -0.05) is 11.6 Å². The van der Waals surface area contributed by atoms with Crippen molar-refractivity contribution in [3.8, 4) is 0 Å². The van der Waals surface area contributed by atoms with Crippen LogP contribution in [0.1, 0.15) is 18.4 Å². The molecule has 1 aromatic heterocycles. The van der Waals surface area contributed by atoms with Gasteiger partial charge in [-0.25, -0.2) is 13.4 Å². The number of hydrogen-bond acceptors (Lipinski definition) is 5. The smallest absolute Gasteiger partial charge is 0.262 e. The van der Waals surface area contributed by atoms with Gasteiger partial charge in [0.05, 0.1) is 22.7 Å². The van der Waals surface area contributed by atoms with E-state index >= 15 is 0 Å². The highest BCUT2D eigenvalue weighted by Gasteiger charge is 2.25. The summed E-state index contributed by atoms with van der Waals surface area (Å²) in [5, 5.41) is 0.480. The largest absolute Gasteiger partial charge is 0.369 e. The number of amides is 1. The summed E-state index contributed by atoms with van der Waals surface area (Å²) in [5.41, 5.74) is 6.33. The van der Waals surface area contributed by atoms with Crippen molar-refractivity contribution in [2.75, 3.05) is 22.7 Å². The molecule has 9 heteroatoms. The number of nitrogens with two attached hydrogens (primary N) is 1. The van der Waals surface area contributed by atoms with E-state index in [-0.39, 0.29) is 16.7 Å². The third-order valence-electron chi connectivity index (χ3n) is 4.57. The molecule has 7 nitrogen and oxygen atoms in total. The zero-order valence-corrected chi connectivity index (χ0v) is 16.4. The molecule has 1 aromatic carbocycles. The minimum Gasteiger partial charge on any atom is -0.369 e. The summed E-state index contributed by atoms with van der Waals surface area (Å²) in [6.45, 7) is 3.00. The minimum absolute atomic E-state index is 0.163. The highest BCUT2D eigenvalue weighted by Crippen LogP contribution is 2.25. The Kier molecular flexibility index (Phi) is 5.57. The van der Waals surface area contributed by atoms with Crippen LogP contribution in [0.25, 0.3) is 0 Å². The lowest BCUT2D eigenvalue weighted by atomic mass is 9.97. The number of aromatic nitrogens is 1. The molecule has 0 radical (unpaired) electrons. The Morgan fingerprint density at radius 1 is 1.33 bits per heavy atom. The molecule has 1 amide bonds. The van der Waals surface area contributed by atoms with Gasteiger partial charge in [-0.15, -0.1) is 0 Å². The molecule has 1 atom stereocenters. The molecule has 27 heavy (non-hydrogen) atoms. The summed E-state index contributed by atoms with van der Waals surface area (Å²) in [6.07, 6.45) is 3.11. The van der Waals surface area contributed by atoms with Gasteiger partial charge in [-0.2, -0.15) is 0 Å². The summed E-state index contributed by atoms with van der Waals surface area (Å²) >= 11 is 5.89. The van der Waals surface area contributed by atoms with Crippen LogP contribution < -0.4 is 15.4 Å². The molecule has 0 spiro atoms. The number of sulfonamides is 1. The summed E-state index contributed by atoms with van der Waals surface area (Å²) in [6, 6.07) is 7.99. The van der Waals surface area contributed by atoms with Gasteiger partial charge in [-0.05, 0) is 55.7 Å². The Labute approximate surface area is 163 Å². The van der Waals surface area contributed by atoms with Crippen LogP contribution in [0.3, 0.4) is 0 Å². The van der Waals surface area contributed by atoms with E-state index in [0.29, 0.717) is 28.6 Å². The van der Waals surface area contributed by atoms with Gasteiger partial charge in [-0.3, -0.25) is 9.52 Å². The Hall–Kier alpha value is -2.32. The van der Waals surface area contributed by atoms with Crippen molar-refractivity contribution < 1.29 is 13.2 Å². The molecule has 1 unspecified atom stereocenters. The lowest BCUT2D eigenvalue weighted by molar-refractivity contribution is -0.122. The highest BCUT2D eigenvalue weighted by atomic mass is 35.5. The van der Waals surface area contributed by atoms with Gasteiger partial charge in [0, 0.05) is 18.1 Å². The van der Waals surface area contributed by atoms with Crippen molar-refractivity contribution in [2.45, 2.75) is 24.7 Å². The molecule has 3 N–H and O–H groups in total. The molecule has 2 heterocycles. The van der Waals surface area contributed by atoms with E-state index < -0.39 is 10.0 Å². The molecule has 1 aliphatic rings. The van der Waals surface area contributed by atoms with Gasteiger partial charge in [0.1, 0.15) is 5.82 Å².